The van der Waals surface area contributed by atoms with Crippen molar-refractivity contribution in [2.75, 3.05) is 5.32 Å². The number of anilines is 1. The lowest BCUT2D eigenvalue weighted by Crippen LogP contribution is -2.29. The summed E-state index contributed by atoms with van der Waals surface area (Å²) in [5.41, 5.74) is 3.89. The van der Waals surface area contributed by atoms with Gasteiger partial charge in [0, 0.05) is 11.8 Å². The number of carbonyl (C=O) groups excluding carboxylic acids is 2. The Kier molecular flexibility index (Phi) is 7.35. The molecule has 142 valence electrons. The third-order valence-electron chi connectivity index (χ3n) is 4.51. The average Bonchev–Trinajstić information content (AvgIpc) is 2.67. The molecular formula is C23H27NO3. The van der Waals surface area contributed by atoms with Crippen molar-refractivity contribution in [2.45, 2.75) is 46.1 Å². The highest BCUT2D eigenvalue weighted by Gasteiger charge is 2.18. The van der Waals surface area contributed by atoms with E-state index in [0.717, 1.165) is 28.8 Å². The molecule has 1 N–H and O–H groups in total. The van der Waals surface area contributed by atoms with Gasteiger partial charge in [-0.1, -0.05) is 61.9 Å². The molecule has 0 aliphatic heterocycles. The average molecular weight is 365 g/mol. The van der Waals surface area contributed by atoms with Crippen LogP contribution in [-0.4, -0.2) is 18.0 Å². The van der Waals surface area contributed by atoms with Gasteiger partial charge in [0.05, 0.1) is 0 Å². The Morgan fingerprint density at radius 1 is 1.07 bits per heavy atom. The van der Waals surface area contributed by atoms with Gasteiger partial charge < -0.3 is 10.1 Å². The number of benzene rings is 2. The summed E-state index contributed by atoms with van der Waals surface area (Å²) in [5, 5.41) is 2.87. The number of ether oxygens (including phenoxy) is 1. The maximum absolute atomic E-state index is 12.4. The fraction of sp³-hybridized carbons (Fsp3) is 0.304. The summed E-state index contributed by atoms with van der Waals surface area (Å²) in [4.78, 5) is 24.4. The molecule has 4 heteroatoms. The second-order valence-electron chi connectivity index (χ2n) is 6.71. The molecule has 0 aliphatic rings. The van der Waals surface area contributed by atoms with E-state index in [9.17, 15) is 9.59 Å². The third-order valence-corrected chi connectivity index (χ3v) is 4.51. The first kappa shape index (κ1) is 20.4. The maximum atomic E-state index is 12.4. The molecule has 0 heterocycles. The zero-order valence-corrected chi connectivity index (χ0v) is 16.4. The van der Waals surface area contributed by atoms with E-state index >= 15 is 0 Å². The first-order valence-electron chi connectivity index (χ1n) is 9.25. The van der Waals surface area contributed by atoms with Gasteiger partial charge in [0.2, 0.25) is 0 Å². The molecule has 1 amide bonds. The van der Waals surface area contributed by atoms with E-state index in [1.807, 2.05) is 55.5 Å². The number of aryl methyl sites for hydroxylation is 1. The summed E-state index contributed by atoms with van der Waals surface area (Å²) in [5.74, 6) is -0.562. The fourth-order valence-electron chi connectivity index (χ4n) is 2.60. The third kappa shape index (κ3) is 6.10. The largest absolute Gasteiger partial charge is 0.449 e. The summed E-state index contributed by atoms with van der Waals surface area (Å²) in [6, 6.07) is 15.5. The van der Waals surface area contributed by atoms with Crippen LogP contribution < -0.4 is 5.32 Å². The van der Waals surface area contributed by atoms with Crippen LogP contribution >= 0.6 is 0 Å². The molecule has 0 saturated heterocycles. The molecule has 4 nitrogen and oxygen atoms in total. The minimum atomic E-state index is -0.884. The molecule has 27 heavy (non-hydrogen) atoms. The first-order valence-corrected chi connectivity index (χ1v) is 9.25. The van der Waals surface area contributed by atoms with Gasteiger partial charge in [-0.3, -0.25) is 4.79 Å². The van der Waals surface area contributed by atoms with Gasteiger partial charge in [0.15, 0.2) is 6.10 Å². The van der Waals surface area contributed by atoms with E-state index in [0.29, 0.717) is 5.92 Å². The predicted octanol–water partition coefficient (Wildman–Crippen LogP) is 5.09. The second-order valence-corrected chi connectivity index (χ2v) is 6.71. The van der Waals surface area contributed by atoms with Crippen LogP contribution in [0.3, 0.4) is 0 Å². The molecule has 0 radical (unpaired) electrons. The van der Waals surface area contributed by atoms with Crippen molar-refractivity contribution >= 4 is 23.6 Å². The number of rotatable bonds is 7. The quantitative estimate of drug-likeness (QED) is 0.549. The smallest absolute Gasteiger partial charge is 0.331 e. The van der Waals surface area contributed by atoms with Crippen LogP contribution in [0.2, 0.25) is 0 Å². The molecule has 2 aromatic carbocycles. The zero-order chi connectivity index (χ0) is 19.8. The normalized spacial score (nSPS) is 13.2. The van der Waals surface area contributed by atoms with E-state index in [-0.39, 0.29) is 5.91 Å². The highest BCUT2D eigenvalue weighted by atomic mass is 16.5. The lowest BCUT2D eigenvalue weighted by Gasteiger charge is -2.17. The van der Waals surface area contributed by atoms with Crippen molar-refractivity contribution in [2.24, 2.45) is 0 Å². The number of nitrogens with one attached hydrogen (secondary N) is 1. The van der Waals surface area contributed by atoms with E-state index in [1.54, 1.807) is 13.0 Å². The molecular weight excluding hydrogens is 338 g/mol. The Hall–Kier alpha value is -2.88. The van der Waals surface area contributed by atoms with Gasteiger partial charge in [-0.15, -0.1) is 0 Å². The second kappa shape index (κ2) is 9.72. The number of hydrogen-bond donors (Lipinski definition) is 1. The van der Waals surface area contributed by atoms with Crippen LogP contribution in [-0.2, 0) is 14.3 Å². The van der Waals surface area contributed by atoms with E-state index in [4.69, 9.17) is 4.74 Å². The molecule has 0 unspecified atom stereocenters. The number of carbonyl (C=O) groups is 2. The number of amides is 1. The van der Waals surface area contributed by atoms with Crippen molar-refractivity contribution in [3.05, 3.63) is 71.3 Å². The Morgan fingerprint density at radius 2 is 1.74 bits per heavy atom. The molecule has 2 rings (SSSR count). The van der Waals surface area contributed by atoms with Crippen molar-refractivity contribution in [3.8, 4) is 0 Å². The molecule has 0 aromatic heterocycles. The summed E-state index contributed by atoms with van der Waals surface area (Å²) >= 11 is 0. The standard InChI is InChI=1S/C23H27NO3/c1-5-17(3)20-8-6-7-9-21(20)24-23(26)18(4)27-22(25)15-14-19-12-10-16(2)11-13-19/h6-15,17-18H,5H2,1-4H3,(H,24,26)/b15-14+/t17-,18+/m1/s1. The molecule has 2 atom stereocenters. The van der Waals surface area contributed by atoms with Gasteiger partial charge in [0.25, 0.3) is 5.91 Å². The number of hydrogen-bond acceptors (Lipinski definition) is 3. The van der Waals surface area contributed by atoms with Gasteiger partial charge in [-0.25, -0.2) is 4.79 Å². The van der Waals surface area contributed by atoms with Crippen LogP contribution in [0.5, 0.6) is 0 Å². The molecule has 0 aliphatic carbocycles. The molecule has 0 spiro atoms. The molecule has 0 saturated carbocycles. The Morgan fingerprint density at radius 3 is 2.41 bits per heavy atom. The van der Waals surface area contributed by atoms with Crippen LogP contribution in [0.4, 0.5) is 5.69 Å². The molecule has 0 fully saturated rings. The fourth-order valence-corrected chi connectivity index (χ4v) is 2.60. The van der Waals surface area contributed by atoms with Crippen molar-refractivity contribution in [1.29, 1.82) is 0 Å². The van der Waals surface area contributed by atoms with Gasteiger partial charge in [0.1, 0.15) is 0 Å². The monoisotopic (exact) mass is 365 g/mol. The lowest BCUT2D eigenvalue weighted by atomic mass is 9.97. The predicted molar refractivity (Wildman–Crippen MR) is 110 cm³/mol. The van der Waals surface area contributed by atoms with Crippen LogP contribution in [0, 0.1) is 6.92 Å². The first-order chi connectivity index (χ1) is 12.9. The SMILES string of the molecule is CC[C@@H](C)c1ccccc1NC(=O)[C@H](C)OC(=O)/C=C/c1ccc(C)cc1. The summed E-state index contributed by atoms with van der Waals surface area (Å²) < 4.78 is 5.22. The summed E-state index contributed by atoms with van der Waals surface area (Å²) in [6.45, 7) is 7.79. The van der Waals surface area contributed by atoms with Crippen LogP contribution in [0.25, 0.3) is 6.08 Å². The van der Waals surface area contributed by atoms with Crippen LogP contribution in [0.15, 0.2) is 54.6 Å². The lowest BCUT2D eigenvalue weighted by molar-refractivity contribution is -0.148. The minimum absolute atomic E-state index is 0.330. The highest BCUT2D eigenvalue weighted by molar-refractivity contribution is 5.97. The van der Waals surface area contributed by atoms with Gasteiger partial charge in [-0.05, 0) is 49.5 Å². The zero-order valence-electron chi connectivity index (χ0n) is 16.4. The number of para-hydroxylation sites is 1. The van der Waals surface area contributed by atoms with Crippen LogP contribution in [0.1, 0.15) is 49.8 Å². The highest BCUT2D eigenvalue weighted by Crippen LogP contribution is 2.26. The maximum Gasteiger partial charge on any atom is 0.331 e. The Labute approximate surface area is 161 Å². The summed E-state index contributed by atoms with van der Waals surface area (Å²) in [6.07, 6.45) is 3.10. The minimum Gasteiger partial charge on any atom is -0.449 e. The van der Waals surface area contributed by atoms with Crippen molar-refractivity contribution in [1.82, 2.24) is 0 Å². The van der Waals surface area contributed by atoms with E-state index in [1.165, 1.54) is 6.08 Å². The Bertz CT molecular complexity index is 809. The van der Waals surface area contributed by atoms with E-state index in [2.05, 4.69) is 19.2 Å². The number of esters is 1. The topological polar surface area (TPSA) is 55.4 Å². The Balaban J connectivity index is 1.95. The van der Waals surface area contributed by atoms with E-state index < -0.39 is 12.1 Å². The van der Waals surface area contributed by atoms with Crippen molar-refractivity contribution in [3.63, 3.8) is 0 Å². The van der Waals surface area contributed by atoms with Gasteiger partial charge in [-0.2, -0.15) is 0 Å². The molecule has 2 aromatic rings. The van der Waals surface area contributed by atoms with Crippen molar-refractivity contribution < 1.29 is 14.3 Å². The molecule has 0 bridgehead atoms. The van der Waals surface area contributed by atoms with Gasteiger partial charge >= 0.3 is 5.97 Å². The summed E-state index contributed by atoms with van der Waals surface area (Å²) in [7, 11) is 0.